The van der Waals surface area contributed by atoms with Crippen LogP contribution in [0.4, 0.5) is 0 Å². The smallest absolute Gasteiger partial charge is 0.224 e. The molecule has 1 aliphatic carbocycles. The van der Waals surface area contributed by atoms with Crippen molar-refractivity contribution in [3.05, 3.63) is 17.5 Å². The number of nitrogens with zero attached hydrogens (tertiary/aromatic N) is 1. The predicted octanol–water partition coefficient (Wildman–Crippen LogP) is 2.49. The van der Waals surface area contributed by atoms with E-state index in [0.717, 1.165) is 30.9 Å². The van der Waals surface area contributed by atoms with Crippen LogP contribution < -0.4 is 10.6 Å². The lowest BCUT2D eigenvalue weighted by Crippen LogP contribution is -2.37. The first-order valence-electron chi connectivity index (χ1n) is 9.59. The Labute approximate surface area is 150 Å². The van der Waals surface area contributed by atoms with Gasteiger partial charge in [-0.1, -0.05) is 32.6 Å². The van der Waals surface area contributed by atoms with Crippen LogP contribution in [0.1, 0.15) is 63.1 Å². The molecule has 3 N–H and O–H groups in total. The van der Waals surface area contributed by atoms with Gasteiger partial charge in [-0.25, -0.2) is 0 Å². The van der Waals surface area contributed by atoms with E-state index >= 15 is 0 Å². The molecular formula is C19H32N4O2. The summed E-state index contributed by atoms with van der Waals surface area (Å²) in [6.45, 7) is 4.91. The molecule has 6 heteroatoms. The molecule has 1 saturated carbocycles. The molecular weight excluding hydrogens is 316 g/mol. The highest BCUT2D eigenvalue weighted by molar-refractivity contribution is 5.80. The molecule has 2 rings (SSSR count). The largest absolute Gasteiger partial charge is 0.356 e. The monoisotopic (exact) mass is 348 g/mol. The summed E-state index contributed by atoms with van der Waals surface area (Å²) in [5, 5.41) is 12.7. The molecule has 0 bridgehead atoms. The molecule has 1 fully saturated rings. The van der Waals surface area contributed by atoms with Gasteiger partial charge in [-0.3, -0.25) is 14.7 Å². The van der Waals surface area contributed by atoms with Crippen LogP contribution in [0.2, 0.25) is 0 Å². The molecule has 1 aromatic heterocycles. The minimum atomic E-state index is -0.203. The molecule has 1 heterocycles. The van der Waals surface area contributed by atoms with Gasteiger partial charge >= 0.3 is 0 Å². The van der Waals surface area contributed by atoms with Crippen molar-refractivity contribution in [2.24, 2.45) is 11.8 Å². The molecule has 25 heavy (non-hydrogen) atoms. The number of hydrogen-bond acceptors (Lipinski definition) is 3. The Balaban J connectivity index is 1.53. The molecule has 1 unspecified atom stereocenters. The molecule has 6 nitrogen and oxygen atoms in total. The average Bonchev–Trinajstić information content (AvgIpc) is 3.26. The maximum Gasteiger partial charge on any atom is 0.224 e. The fourth-order valence-corrected chi connectivity index (χ4v) is 3.37. The number of aryl methyl sites for hydroxylation is 2. The van der Waals surface area contributed by atoms with Crippen LogP contribution in [0, 0.1) is 18.8 Å². The SMILES string of the molecule is Cc1[nH]ncc1CCCNC(=O)C(C)CNC(=O)CCC1CCCC1. The molecule has 0 aliphatic heterocycles. The Morgan fingerprint density at radius 1 is 1.32 bits per heavy atom. The van der Waals surface area contributed by atoms with E-state index in [1.165, 1.54) is 31.2 Å². The third kappa shape index (κ3) is 6.88. The zero-order valence-corrected chi connectivity index (χ0v) is 15.6. The van der Waals surface area contributed by atoms with Crippen molar-refractivity contribution in [3.63, 3.8) is 0 Å². The fourth-order valence-electron chi connectivity index (χ4n) is 3.37. The highest BCUT2D eigenvalue weighted by Gasteiger charge is 2.17. The van der Waals surface area contributed by atoms with Crippen molar-refractivity contribution < 1.29 is 9.59 Å². The van der Waals surface area contributed by atoms with Crippen LogP contribution in [-0.2, 0) is 16.0 Å². The Bertz CT molecular complexity index is 549. The summed E-state index contributed by atoms with van der Waals surface area (Å²) in [5.74, 6) is 0.596. The van der Waals surface area contributed by atoms with Crippen LogP contribution >= 0.6 is 0 Å². The number of rotatable bonds is 10. The van der Waals surface area contributed by atoms with E-state index in [4.69, 9.17) is 0 Å². The van der Waals surface area contributed by atoms with E-state index in [-0.39, 0.29) is 17.7 Å². The molecule has 0 saturated heterocycles. The Hall–Kier alpha value is -1.85. The van der Waals surface area contributed by atoms with Crippen molar-refractivity contribution in [3.8, 4) is 0 Å². The maximum atomic E-state index is 12.1. The first-order valence-corrected chi connectivity index (χ1v) is 9.59. The summed E-state index contributed by atoms with van der Waals surface area (Å²) in [7, 11) is 0. The Morgan fingerprint density at radius 3 is 2.76 bits per heavy atom. The molecule has 0 aromatic carbocycles. The molecule has 1 atom stereocenters. The van der Waals surface area contributed by atoms with Crippen molar-refractivity contribution in [1.29, 1.82) is 0 Å². The number of aromatic nitrogens is 2. The van der Waals surface area contributed by atoms with E-state index in [1.807, 2.05) is 20.0 Å². The van der Waals surface area contributed by atoms with E-state index in [2.05, 4.69) is 20.8 Å². The third-order valence-corrected chi connectivity index (χ3v) is 5.16. The topological polar surface area (TPSA) is 86.9 Å². The number of amides is 2. The first kappa shape index (κ1) is 19.5. The second kappa shape index (κ2) is 10.2. The minimum absolute atomic E-state index is 0.00000785. The van der Waals surface area contributed by atoms with Gasteiger partial charge in [0, 0.05) is 25.2 Å². The first-order chi connectivity index (χ1) is 12.1. The second-order valence-electron chi connectivity index (χ2n) is 7.31. The third-order valence-electron chi connectivity index (χ3n) is 5.16. The Kier molecular flexibility index (Phi) is 7.95. The maximum absolute atomic E-state index is 12.1. The summed E-state index contributed by atoms with van der Waals surface area (Å²) in [6.07, 6.45) is 10.3. The lowest BCUT2D eigenvalue weighted by Gasteiger charge is -2.14. The predicted molar refractivity (Wildman–Crippen MR) is 98.0 cm³/mol. The van der Waals surface area contributed by atoms with Gasteiger partial charge in [-0.15, -0.1) is 0 Å². The molecule has 140 valence electrons. The Morgan fingerprint density at radius 2 is 2.08 bits per heavy atom. The summed E-state index contributed by atoms with van der Waals surface area (Å²) in [6, 6.07) is 0. The van der Waals surface area contributed by atoms with E-state index in [1.54, 1.807) is 0 Å². The average molecular weight is 348 g/mol. The summed E-state index contributed by atoms with van der Waals surface area (Å²) in [4.78, 5) is 24.0. The zero-order chi connectivity index (χ0) is 18.1. The molecule has 0 radical (unpaired) electrons. The van der Waals surface area contributed by atoms with Gasteiger partial charge in [0.05, 0.1) is 12.1 Å². The number of hydrogen-bond donors (Lipinski definition) is 3. The molecule has 2 amide bonds. The van der Waals surface area contributed by atoms with Gasteiger partial charge in [0.2, 0.25) is 11.8 Å². The highest BCUT2D eigenvalue weighted by atomic mass is 16.2. The van der Waals surface area contributed by atoms with Crippen molar-refractivity contribution in [2.45, 2.75) is 65.2 Å². The lowest BCUT2D eigenvalue weighted by molar-refractivity contribution is -0.125. The van der Waals surface area contributed by atoms with Crippen LogP contribution in [0.5, 0.6) is 0 Å². The number of nitrogens with one attached hydrogen (secondary N) is 3. The van der Waals surface area contributed by atoms with E-state index in [9.17, 15) is 9.59 Å². The van der Waals surface area contributed by atoms with Gasteiger partial charge in [0.1, 0.15) is 0 Å². The standard InChI is InChI=1S/C19H32N4O2/c1-14(12-21-18(24)10-9-16-6-3-4-7-16)19(25)20-11-5-8-17-13-22-23-15(17)2/h13-14,16H,3-12H2,1-2H3,(H,20,25)(H,21,24)(H,22,23). The number of H-pyrrole nitrogens is 1. The number of carbonyl (C=O) groups excluding carboxylic acids is 2. The van der Waals surface area contributed by atoms with Crippen molar-refractivity contribution >= 4 is 11.8 Å². The summed E-state index contributed by atoms with van der Waals surface area (Å²) < 4.78 is 0. The van der Waals surface area contributed by atoms with Gasteiger partial charge in [-0.05, 0) is 37.7 Å². The van der Waals surface area contributed by atoms with Crippen LogP contribution in [-0.4, -0.2) is 35.1 Å². The van der Waals surface area contributed by atoms with Crippen LogP contribution in [0.3, 0.4) is 0 Å². The summed E-state index contributed by atoms with van der Waals surface area (Å²) >= 11 is 0. The molecule has 1 aromatic rings. The molecule has 1 aliphatic rings. The minimum Gasteiger partial charge on any atom is -0.356 e. The second-order valence-corrected chi connectivity index (χ2v) is 7.31. The van der Waals surface area contributed by atoms with Gasteiger partial charge < -0.3 is 10.6 Å². The lowest BCUT2D eigenvalue weighted by atomic mass is 10.0. The highest BCUT2D eigenvalue weighted by Crippen LogP contribution is 2.28. The van der Waals surface area contributed by atoms with E-state index < -0.39 is 0 Å². The summed E-state index contributed by atoms with van der Waals surface area (Å²) in [5.41, 5.74) is 2.27. The van der Waals surface area contributed by atoms with Gasteiger partial charge in [0.15, 0.2) is 0 Å². The number of carbonyl (C=O) groups is 2. The van der Waals surface area contributed by atoms with Crippen molar-refractivity contribution in [1.82, 2.24) is 20.8 Å². The normalized spacial score (nSPS) is 15.9. The van der Waals surface area contributed by atoms with Crippen LogP contribution in [0.25, 0.3) is 0 Å². The van der Waals surface area contributed by atoms with Crippen molar-refractivity contribution in [2.75, 3.05) is 13.1 Å². The quantitative estimate of drug-likeness (QED) is 0.568. The van der Waals surface area contributed by atoms with Gasteiger partial charge in [-0.2, -0.15) is 5.10 Å². The van der Waals surface area contributed by atoms with E-state index in [0.29, 0.717) is 19.5 Å². The number of aromatic amines is 1. The van der Waals surface area contributed by atoms with Crippen LogP contribution in [0.15, 0.2) is 6.20 Å². The molecule has 0 spiro atoms. The zero-order valence-electron chi connectivity index (χ0n) is 15.6. The van der Waals surface area contributed by atoms with Gasteiger partial charge in [0.25, 0.3) is 0 Å². The fraction of sp³-hybridized carbons (Fsp3) is 0.737.